The summed E-state index contributed by atoms with van der Waals surface area (Å²) in [6.07, 6.45) is 4.69. The summed E-state index contributed by atoms with van der Waals surface area (Å²) in [6.45, 7) is 8.94. The first kappa shape index (κ1) is 11.1. The summed E-state index contributed by atoms with van der Waals surface area (Å²) in [6, 6.07) is 0. The van der Waals surface area contributed by atoms with Gasteiger partial charge in [-0.1, -0.05) is 39.3 Å². The summed E-state index contributed by atoms with van der Waals surface area (Å²) in [5.74, 6) is 0. The second kappa shape index (κ2) is 4.91. The molecule has 1 rings (SSSR count). The van der Waals surface area contributed by atoms with Gasteiger partial charge in [-0.15, -0.1) is 5.10 Å². The molecule has 12 heavy (non-hydrogen) atoms. The van der Waals surface area contributed by atoms with Crippen molar-refractivity contribution in [1.82, 2.24) is 15.0 Å². The standard InChI is InChI=1S/C6H14.C3H5N3/c1-5-6(2,3)4;1-6-3-2-4-5-6/h5H2,1-4H3;2-3H,1H3. The minimum atomic E-state index is 0.542. The SMILES string of the molecule is CCC(C)(C)C.Cn1ccnn1. The van der Waals surface area contributed by atoms with E-state index in [1.165, 1.54) is 6.42 Å². The van der Waals surface area contributed by atoms with E-state index in [-0.39, 0.29) is 0 Å². The van der Waals surface area contributed by atoms with E-state index in [0.29, 0.717) is 5.41 Å². The molecule has 1 aromatic rings. The Labute approximate surface area is 74.8 Å². The van der Waals surface area contributed by atoms with Crippen molar-refractivity contribution in [3.8, 4) is 0 Å². The molecule has 0 saturated carbocycles. The van der Waals surface area contributed by atoms with E-state index in [0.717, 1.165) is 0 Å². The number of aromatic nitrogens is 3. The largest absolute Gasteiger partial charge is 0.256 e. The third-order valence-corrected chi connectivity index (χ3v) is 1.60. The summed E-state index contributed by atoms with van der Waals surface area (Å²) in [4.78, 5) is 0. The van der Waals surface area contributed by atoms with Crippen LogP contribution in [0.3, 0.4) is 0 Å². The zero-order chi connectivity index (χ0) is 9.61. The van der Waals surface area contributed by atoms with Crippen LogP contribution in [0.15, 0.2) is 12.4 Å². The van der Waals surface area contributed by atoms with E-state index in [1.807, 2.05) is 7.05 Å². The molecule has 3 nitrogen and oxygen atoms in total. The molecule has 0 saturated heterocycles. The highest BCUT2D eigenvalue weighted by atomic mass is 15.4. The molecule has 0 N–H and O–H groups in total. The summed E-state index contributed by atoms with van der Waals surface area (Å²) in [7, 11) is 1.83. The lowest BCUT2D eigenvalue weighted by Gasteiger charge is -2.12. The van der Waals surface area contributed by atoms with Gasteiger partial charge in [-0.2, -0.15) is 0 Å². The lowest BCUT2D eigenvalue weighted by molar-refractivity contribution is 0.398. The van der Waals surface area contributed by atoms with Gasteiger partial charge in [-0.3, -0.25) is 4.68 Å². The number of rotatable bonds is 0. The predicted molar refractivity (Wildman–Crippen MR) is 50.7 cm³/mol. The van der Waals surface area contributed by atoms with Crippen LogP contribution >= 0.6 is 0 Å². The summed E-state index contributed by atoms with van der Waals surface area (Å²) >= 11 is 0. The molecule has 0 unspecified atom stereocenters. The van der Waals surface area contributed by atoms with Crippen LogP contribution in [0.2, 0.25) is 0 Å². The van der Waals surface area contributed by atoms with Crippen LogP contribution in [0.1, 0.15) is 34.1 Å². The van der Waals surface area contributed by atoms with Crippen LogP contribution in [0.4, 0.5) is 0 Å². The highest BCUT2D eigenvalue weighted by molar-refractivity contribution is 4.59. The minimum Gasteiger partial charge on any atom is -0.256 e. The van der Waals surface area contributed by atoms with E-state index in [1.54, 1.807) is 17.1 Å². The Balaban J connectivity index is 0.000000202. The fraction of sp³-hybridized carbons (Fsp3) is 0.778. The van der Waals surface area contributed by atoms with Crippen molar-refractivity contribution in [3.63, 3.8) is 0 Å². The number of hydrogen-bond donors (Lipinski definition) is 0. The molecular formula is C9H19N3. The van der Waals surface area contributed by atoms with Gasteiger partial charge in [0.15, 0.2) is 0 Å². The molecule has 0 amide bonds. The average molecular weight is 169 g/mol. The van der Waals surface area contributed by atoms with Crippen LogP contribution in [0.25, 0.3) is 0 Å². The fourth-order valence-electron chi connectivity index (χ4n) is 0.267. The topological polar surface area (TPSA) is 30.7 Å². The second-order valence-electron chi connectivity index (χ2n) is 3.99. The summed E-state index contributed by atoms with van der Waals surface area (Å²) < 4.78 is 1.64. The third-order valence-electron chi connectivity index (χ3n) is 1.60. The Morgan fingerprint density at radius 1 is 1.33 bits per heavy atom. The highest BCUT2D eigenvalue weighted by Gasteiger charge is 2.03. The average Bonchev–Trinajstić information content (AvgIpc) is 2.39. The van der Waals surface area contributed by atoms with Crippen molar-refractivity contribution in [2.45, 2.75) is 34.1 Å². The molecule has 0 radical (unpaired) electrons. The van der Waals surface area contributed by atoms with Crippen molar-refractivity contribution in [3.05, 3.63) is 12.4 Å². The molecule has 0 aliphatic carbocycles. The second-order valence-corrected chi connectivity index (χ2v) is 3.99. The molecule has 70 valence electrons. The van der Waals surface area contributed by atoms with Gasteiger partial charge in [0, 0.05) is 13.2 Å². The lowest BCUT2D eigenvalue weighted by Crippen LogP contribution is -2.00. The molecule has 0 fully saturated rings. The Hall–Kier alpha value is -0.860. The first-order valence-electron chi connectivity index (χ1n) is 4.26. The van der Waals surface area contributed by atoms with Gasteiger partial charge < -0.3 is 0 Å². The van der Waals surface area contributed by atoms with Crippen LogP contribution in [0, 0.1) is 5.41 Å². The highest BCUT2D eigenvalue weighted by Crippen LogP contribution is 2.16. The van der Waals surface area contributed by atoms with E-state index in [4.69, 9.17) is 0 Å². The van der Waals surface area contributed by atoms with Crippen molar-refractivity contribution >= 4 is 0 Å². The van der Waals surface area contributed by atoms with Crippen LogP contribution in [0.5, 0.6) is 0 Å². The van der Waals surface area contributed by atoms with Crippen LogP contribution in [-0.2, 0) is 7.05 Å². The summed E-state index contributed by atoms with van der Waals surface area (Å²) in [5.41, 5.74) is 0.542. The molecule has 0 atom stereocenters. The Bertz CT molecular complexity index is 184. The first-order valence-corrected chi connectivity index (χ1v) is 4.26. The molecule has 0 aliphatic heterocycles. The Morgan fingerprint density at radius 2 is 1.83 bits per heavy atom. The Kier molecular flexibility index (Phi) is 4.55. The smallest absolute Gasteiger partial charge is 0.0692 e. The molecular weight excluding hydrogens is 150 g/mol. The predicted octanol–water partition coefficient (Wildman–Crippen LogP) is 2.26. The maximum atomic E-state index is 3.58. The molecule has 0 spiro atoms. The maximum Gasteiger partial charge on any atom is 0.0692 e. The van der Waals surface area contributed by atoms with E-state index >= 15 is 0 Å². The fourth-order valence-corrected chi connectivity index (χ4v) is 0.267. The first-order chi connectivity index (χ1) is 5.45. The zero-order valence-corrected chi connectivity index (χ0v) is 8.70. The quantitative estimate of drug-likeness (QED) is 0.596. The van der Waals surface area contributed by atoms with Crippen LogP contribution in [-0.4, -0.2) is 15.0 Å². The normalized spacial score (nSPS) is 10.4. The van der Waals surface area contributed by atoms with Crippen molar-refractivity contribution in [1.29, 1.82) is 0 Å². The molecule has 0 aliphatic rings. The molecule has 1 heterocycles. The number of nitrogens with zero attached hydrogens (tertiary/aromatic N) is 3. The van der Waals surface area contributed by atoms with Crippen LogP contribution < -0.4 is 0 Å². The third kappa shape index (κ3) is 7.25. The monoisotopic (exact) mass is 169 g/mol. The van der Waals surface area contributed by atoms with Crippen molar-refractivity contribution < 1.29 is 0 Å². The van der Waals surface area contributed by atoms with Gasteiger partial charge in [0.1, 0.15) is 0 Å². The van der Waals surface area contributed by atoms with Gasteiger partial charge >= 0.3 is 0 Å². The van der Waals surface area contributed by atoms with E-state index < -0.39 is 0 Å². The maximum absolute atomic E-state index is 3.58. The summed E-state index contributed by atoms with van der Waals surface area (Å²) in [5, 5.41) is 7.12. The lowest BCUT2D eigenvalue weighted by atomic mass is 9.94. The zero-order valence-electron chi connectivity index (χ0n) is 8.70. The molecule has 3 heteroatoms. The van der Waals surface area contributed by atoms with E-state index in [2.05, 4.69) is 38.0 Å². The Morgan fingerprint density at radius 3 is 1.92 bits per heavy atom. The minimum absolute atomic E-state index is 0.542. The van der Waals surface area contributed by atoms with Gasteiger partial charge in [0.2, 0.25) is 0 Å². The number of hydrogen-bond acceptors (Lipinski definition) is 2. The van der Waals surface area contributed by atoms with Crippen molar-refractivity contribution in [2.75, 3.05) is 0 Å². The van der Waals surface area contributed by atoms with Crippen molar-refractivity contribution in [2.24, 2.45) is 12.5 Å². The van der Waals surface area contributed by atoms with Gasteiger partial charge in [0.25, 0.3) is 0 Å². The van der Waals surface area contributed by atoms with Gasteiger partial charge in [-0.25, -0.2) is 0 Å². The van der Waals surface area contributed by atoms with E-state index in [9.17, 15) is 0 Å². The van der Waals surface area contributed by atoms with Gasteiger partial charge in [-0.05, 0) is 5.41 Å². The van der Waals surface area contributed by atoms with Gasteiger partial charge in [0.05, 0.1) is 6.20 Å². The molecule has 1 aromatic heterocycles. The molecule has 0 bridgehead atoms. The number of aryl methyl sites for hydroxylation is 1. The molecule has 0 aromatic carbocycles.